The minimum Gasteiger partial charge on any atom is -0.259 e. The molecule has 0 aromatic heterocycles. The van der Waals surface area contributed by atoms with E-state index in [1.807, 2.05) is 6.92 Å². The zero-order valence-corrected chi connectivity index (χ0v) is 10.1. The lowest BCUT2D eigenvalue weighted by Gasteiger charge is -1.98. The van der Waals surface area contributed by atoms with Crippen LogP contribution in [0.4, 0.5) is 0 Å². The summed E-state index contributed by atoms with van der Waals surface area (Å²) < 4.78 is 26.3. The van der Waals surface area contributed by atoms with E-state index in [9.17, 15) is 8.42 Å². The molecule has 1 aliphatic rings. The van der Waals surface area contributed by atoms with Gasteiger partial charge in [-0.1, -0.05) is 25.6 Å². The maximum Gasteiger partial charge on any atom is 0.255 e. The number of hydrogen-bond acceptors (Lipinski definition) is 3. The molecule has 0 spiro atoms. The van der Waals surface area contributed by atoms with Crippen LogP contribution in [0.3, 0.4) is 0 Å². The molecule has 6 heteroatoms. The highest BCUT2D eigenvalue weighted by atomic mass is 32.2. The third-order valence-corrected chi connectivity index (χ3v) is 4.57. The van der Waals surface area contributed by atoms with E-state index in [-0.39, 0.29) is 5.75 Å². The van der Waals surface area contributed by atoms with Crippen LogP contribution < -0.4 is 5.32 Å². The summed E-state index contributed by atoms with van der Waals surface area (Å²) in [6.07, 6.45) is 1.60. The van der Waals surface area contributed by atoms with Gasteiger partial charge in [0, 0.05) is 5.25 Å². The summed E-state index contributed by atoms with van der Waals surface area (Å²) in [5, 5.41) is 4.93. The molecule has 1 unspecified atom stereocenters. The fourth-order valence-corrected chi connectivity index (χ4v) is 3.27. The normalized spacial score (nSPS) is 25.3. The third kappa shape index (κ3) is 3.49. The summed E-state index contributed by atoms with van der Waals surface area (Å²) in [7, 11) is -3.27. The highest BCUT2D eigenvalue weighted by Crippen LogP contribution is 2.22. The molecule has 1 heterocycles. The SMILES string of the molecule is CCCS(=O)(=O)N=C1[N]CC(CC)S1. The molecule has 81 valence electrons. The average molecular weight is 235 g/mol. The molecule has 14 heavy (non-hydrogen) atoms. The van der Waals surface area contributed by atoms with Crippen LogP contribution in [-0.4, -0.2) is 31.1 Å². The van der Waals surface area contributed by atoms with Gasteiger partial charge in [0.1, 0.15) is 0 Å². The smallest absolute Gasteiger partial charge is 0.255 e. The van der Waals surface area contributed by atoms with Crippen molar-refractivity contribution in [1.82, 2.24) is 5.32 Å². The van der Waals surface area contributed by atoms with Gasteiger partial charge in [0.2, 0.25) is 0 Å². The predicted octanol–water partition coefficient (Wildman–Crippen LogP) is 1.21. The Morgan fingerprint density at radius 3 is 2.79 bits per heavy atom. The van der Waals surface area contributed by atoms with Gasteiger partial charge >= 0.3 is 0 Å². The van der Waals surface area contributed by atoms with Gasteiger partial charge in [-0.3, -0.25) is 5.32 Å². The van der Waals surface area contributed by atoms with Gasteiger partial charge in [-0.05, 0) is 12.8 Å². The number of nitrogens with zero attached hydrogens (tertiary/aromatic N) is 2. The Morgan fingerprint density at radius 1 is 1.57 bits per heavy atom. The Morgan fingerprint density at radius 2 is 2.29 bits per heavy atom. The summed E-state index contributed by atoms with van der Waals surface area (Å²) in [5.74, 6) is 0.114. The highest BCUT2D eigenvalue weighted by molar-refractivity contribution is 8.15. The molecule has 0 N–H and O–H groups in total. The molecular weight excluding hydrogens is 220 g/mol. The molecule has 1 radical (unpaired) electrons. The molecule has 0 aliphatic carbocycles. The van der Waals surface area contributed by atoms with Crippen molar-refractivity contribution < 1.29 is 8.42 Å². The van der Waals surface area contributed by atoms with E-state index in [4.69, 9.17) is 0 Å². The first-order chi connectivity index (χ1) is 6.57. The number of hydrogen-bond donors (Lipinski definition) is 0. The van der Waals surface area contributed by atoms with Crippen LogP contribution in [0, 0.1) is 0 Å². The van der Waals surface area contributed by atoms with E-state index in [1.165, 1.54) is 11.8 Å². The Balaban J connectivity index is 2.62. The van der Waals surface area contributed by atoms with E-state index < -0.39 is 10.0 Å². The van der Waals surface area contributed by atoms with Crippen molar-refractivity contribution in [1.29, 1.82) is 0 Å². The average Bonchev–Trinajstić information content (AvgIpc) is 2.51. The van der Waals surface area contributed by atoms with Crippen LogP contribution >= 0.6 is 11.8 Å². The zero-order valence-electron chi connectivity index (χ0n) is 8.43. The van der Waals surface area contributed by atoms with E-state index in [0.717, 1.165) is 6.42 Å². The zero-order chi connectivity index (χ0) is 10.6. The van der Waals surface area contributed by atoms with E-state index in [2.05, 4.69) is 16.6 Å². The second-order valence-corrected chi connectivity index (χ2v) is 6.17. The highest BCUT2D eigenvalue weighted by Gasteiger charge is 2.22. The lowest BCUT2D eigenvalue weighted by atomic mass is 10.3. The molecule has 0 bridgehead atoms. The van der Waals surface area contributed by atoms with Gasteiger partial charge in [0.05, 0.1) is 12.3 Å². The predicted molar refractivity (Wildman–Crippen MR) is 60.2 cm³/mol. The molecule has 1 fully saturated rings. The number of amidine groups is 1. The lowest BCUT2D eigenvalue weighted by Crippen LogP contribution is -2.10. The van der Waals surface area contributed by atoms with Gasteiger partial charge in [0.25, 0.3) is 10.0 Å². The van der Waals surface area contributed by atoms with Crippen molar-refractivity contribution in [3.8, 4) is 0 Å². The van der Waals surface area contributed by atoms with Gasteiger partial charge in [-0.25, -0.2) is 8.42 Å². The Labute approximate surface area is 89.6 Å². The molecule has 1 atom stereocenters. The summed E-state index contributed by atoms with van der Waals surface area (Å²) in [6, 6.07) is 0. The molecule has 1 rings (SSSR count). The van der Waals surface area contributed by atoms with Crippen LogP contribution in [0.25, 0.3) is 0 Å². The van der Waals surface area contributed by atoms with Crippen molar-refractivity contribution in [2.75, 3.05) is 12.3 Å². The molecule has 0 saturated carbocycles. The largest absolute Gasteiger partial charge is 0.259 e. The van der Waals surface area contributed by atoms with Crippen LogP contribution in [0.1, 0.15) is 26.7 Å². The molecule has 0 aromatic carbocycles. The van der Waals surface area contributed by atoms with E-state index >= 15 is 0 Å². The first-order valence-corrected chi connectivity index (χ1v) is 7.23. The lowest BCUT2D eigenvalue weighted by molar-refractivity contribution is 0.596. The summed E-state index contributed by atoms with van der Waals surface area (Å²) in [4.78, 5) is 0. The fraction of sp³-hybridized carbons (Fsp3) is 0.875. The fourth-order valence-electron chi connectivity index (χ4n) is 1.09. The second kappa shape index (κ2) is 5.02. The van der Waals surface area contributed by atoms with Crippen molar-refractivity contribution in [2.24, 2.45) is 4.40 Å². The summed E-state index contributed by atoms with van der Waals surface area (Å²) in [6.45, 7) is 4.59. The van der Waals surface area contributed by atoms with Gasteiger partial charge in [-0.2, -0.15) is 0 Å². The molecular formula is C8H15N2O2S2. The van der Waals surface area contributed by atoms with Crippen LogP contribution in [0.15, 0.2) is 4.40 Å². The van der Waals surface area contributed by atoms with E-state index in [1.54, 1.807) is 0 Å². The molecule has 0 amide bonds. The van der Waals surface area contributed by atoms with E-state index in [0.29, 0.717) is 23.4 Å². The van der Waals surface area contributed by atoms with Crippen molar-refractivity contribution >= 4 is 27.0 Å². The number of rotatable bonds is 4. The minimum atomic E-state index is -3.27. The topological polar surface area (TPSA) is 60.6 Å². The van der Waals surface area contributed by atoms with Crippen LogP contribution in [-0.2, 0) is 10.0 Å². The van der Waals surface area contributed by atoms with Crippen molar-refractivity contribution in [3.63, 3.8) is 0 Å². The van der Waals surface area contributed by atoms with Crippen molar-refractivity contribution in [2.45, 2.75) is 31.9 Å². The standard InChI is InChI=1S/C8H15N2O2S2/c1-3-5-14(11,12)10-8-9-6-7(4-2)13-8/h7H,3-6H2,1-2H3. The van der Waals surface area contributed by atoms with Gasteiger partial charge < -0.3 is 0 Å². The van der Waals surface area contributed by atoms with Crippen molar-refractivity contribution in [3.05, 3.63) is 0 Å². The maximum absolute atomic E-state index is 11.3. The van der Waals surface area contributed by atoms with Crippen LogP contribution in [0.2, 0.25) is 0 Å². The van der Waals surface area contributed by atoms with Gasteiger partial charge in [-0.15, -0.1) is 4.40 Å². The number of sulfonamides is 1. The molecule has 1 aliphatic heterocycles. The molecule has 1 saturated heterocycles. The minimum absolute atomic E-state index is 0.114. The second-order valence-electron chi connectivity index (χ2n) is 3.15. The Bertz CT molecular complexity index is 311. The Hall–Kier alpha value is -0.230. The quantitative estimate of drug-likeness (QED) is 0.736. The monoisotopic (exact) mass is 235 g/mol. The maximum atomic E-state index is 11.3. The number of thioether (sulfide) groups is 1. The molecule has 4 nitrogen and oxygen atoms in total. The van der Waals surface area contributed by atoms with Crippen LogP contribution in [0.5, 0.6) is 0 Å². The van der Waals surface area contributed by atoms with Gasteiger partial charge in [0.15, 0.2) is 5.17 Å². The molecule has 0 aromatic rings. The third-order valence-electron chi connectivity index (χ3n) is 1.84. The summed E-state index contributed by atoms with van der Waals surface area (Å²) in [5.41, 5.74) is 0. The first kappa shape index (κ1) is 11.8. The Kier molecular flexibility index (Phi) is 4.25. The first-order valence-electron chi connectivity index (χ1n) is 4.74. The summed E-state index contributed by atoms with van der Waals surface area (Å²) >= 11 is 1.47.